The molecule has 1 amide bonds. The number of amidine groups is 1. The van der Waals surface area contributed by atoms with Gasteiger partial charge in [-0.3, -0.25) is 4.79 Å². The Labute approximate surface area is 149 Å². The summed E-state index contributed by atoms with van der Waals surface area (Å²) < 4.78 is 5.41. The summed E-state index contributed by atoms with van der Waals surface area (Å²) in [6.07, 6.45) is 1.83. The minimum Gasteiger partial charge on any atom is -0.494 e. The number of halogens is 1. The molecule has 0 aromatic heterocycles. The Balaban J connectivity index is 1.75. The van der Waals surface area contributed by atoms with Gasteiger partial charge in [-0.05, 0) is 66.7 Å². The SMILES string of the molecule is CCOc1ccc(C=C2SC(=Nc3ccc(Cl)cc3)NC2=O)cc1. The molecule has 0 unspecified atom stereocenters. The number of carbonyl (C=O) groups excluding carboxylic acids is 1. The van der Waals surface area contributed by atoms with E-state index in [9.17, 15) is 4.79 Å². The predicted molar refractivity (Wildman–Crippen MR) is 99.9 cm³/mol. The molecule has 4 nitrogen and oxygen atoms in total. The lowest BCUT2D eigenvalue weighted by Crippen LogP contribution is -2.19. The number of benzene rings is 2. The van der Waals surface area contributed by atoms with Gasteiger partial charge in [0.05, 0.1) is 17.2 Å². The molecule has 0 saturated carbocycles. The van der Waals surface area contributed by atoms with Gasteiger partial charge in [-0.15, -0.1) is 0 Å². The van der Waals surface area contributed by atoms with Gasteiger partial charge in [-0.2, -0.15) is 0 Å². The maximum Gasteiger partial charge on any atom is 0.264 e. The lowest BCUT2D eigenvalue weighted by molar-refractivity contribution is -0.115. The van der Waals surface area contributed by atoms with Crippen LogP contribution >= 0.6 is 23.4 Å². The standard InChI is InChI=1S/C18H15ClN2O2S/c1-2-23-15-9-3-12(4-10-15)11-16-17(22)21-18(24-16)20-14-7-5-13(19)6-8-14/h3-11H,2H2,1H3,(H,20,21,22). The predicted octanol–water partition coefficient (Wildman–Crippen LogP) is 4.63. The quantitative estimate of drug-likeness (QED) is 0.810. The molecule has 1 aliphatic rings. The number of ether oxygens (including phenoxy) is 1. The fraction of sp³-hybridized carbons (Fsp3) is 0.111. The van der Waals surface area contributed by atoms with Crippen molar-refractivity contribution in [2.45, 2.75) is 6.92 Å². The van der Waals surface area contributed by atoms with Gasteiger partial charge < -0.3 is 10.1 Å². The van der Waals surface area contributed by atoms with Gasteiger partial charge in [0.1, 0.15) is 5.75 Å². The fourth-order valence-electron chi connectivity index (χ4n) is 2.09. The van der Waals surface area contributed by atoms with Crippen LogP contribution in [-0.4, -0.2) is 17.7 Å². The molecule has 1 saturated heterocycles. The van der Waals surface area contributed by atoms with Gasteiger partial charge in [0.2, 0.25) is 0 Å². The van der Waals surface area contributed by atoms with Crippen LogP contribution in [0.2, 0.25) is 5.02 Å². The van der Waals surface area contributed by atoms with E-state index in [1.807, 2.05) is 37.3 Å². The maximum atomic E-state index is 12.1. The van der Waals surface area contributed by atoms with Crippen molar-refractivity contribution in [1.29, 1.82) is 0 Å². The molecule has 0 bridgehead atoms. The third-order valence-electron chi connectivity index (χ3n) is 3.20. The minimum absolute atomic E-state index is 0.151. The average molecular weight is 359 g/mol. The lowest BCUT2D eigenvalue weighted by atomic mass is 10.2. The van der Waals surface area contributed by atoms with Gasteiger partial charge in [-0.1, -0.05) is 23.7 Å². The largest absolute Gasteiger partial charge is 0.494 e. The van der Waals surface area contributed by atoms with Crippen molar-refractivity contribution in [2.75, 3.05) is 6.61 Å². The van der Waals surface area contributed by atoms with E-state index in [4.69, 9.17) is 16.3 Å². The molecule has 0 aliphatic carbocycles. The first kappa shape index (κ1) is 16.6. The van der Waals surface area contributed by atoms with Crippen molar-refractivity contribution in [3.05, 3.63) is 64.0 Å². The van der Waals surface area contributed by atoms with Crippen LogP contribution in [0.5, 0.6) is 5.75 Å². The summed E-state index contributed by atoms with van der Waals surface area (Å²) in [5.74, 6) is 0.662. The van der Waals surface area contributed by atoms with E-state index >= 15 is 0 Å². The first-order valence-electron chi connectivity index (χ1n) is 7.42. The van der Waals surface area contributed by atoms with Crippen molar-refractivity contribution < 1.29 is 9.53 Å². The first-order valence-corrected chi connectivity index (χ1v) is 8.61. The van der Waals surface area contributed by atoms with Crippen LogP contribution in [0.15, 0.2) is 58.4 Å². The number of aliphatic imine (C=N–C) groups is 1. The molecule has 1 N–H and O–H groups in total. The number of rotatable bonds is 4. The molecule has 1 fully saturated rings. The third-order valence-corrected chi connectivity index (χ3v) is 4.36. The highest BCUT2D eigenvalue weighted by Crippen LogP contribution is 2.28. The Bertz CT molecular complexity index is 799. The molecule has 2 aromatic rings. The summed E-state index contributed by atoms with van der Waals surface area (Å²) in [5.41, 5.74) is 1.67. The molecule has 6 heteroatoms. The number of nitrogens with one attached hydrogen (secondary N) is 1. The molecule has 24 heavy (non-hydrogen) atoms. The second kappa shape index (κ2) is 7.55. The second-order valence-electron chi connectivity index (χ2n) is 4.96. The van der Waals surface area contributed by atoms with Crippen LogP contribution in [0.25, 0.3) is 6.08 Å². The lowest BCUT2D eigenvalue weighted by Gasteiger charge is -2.02. The number of hydrogen-bond donors (Lipinski definition) is 1. The minimum atomic E-state index is -0.151. The van der Waals surface area contributed by atoms with Gasteiger partial charge in [0.15, 0.2) is 5.17 Å². The Morgan fingerprint density at radius 2 is 1.88 bits per heavy atom. The molecule has 122 valence electrons. The topological polar surface area (TPSA) is 50.7 Å². The van der Waals surface area contributed by atoms with Gasteiger partial charge in [0.25, 0.3) is 5.91 Å². The van der Waals surface area contributed by atoms with E-state index < -0.39 is 0 Å². The Kier molecular flexibility index (Phi) is 5.23. The molecule has 2 aromatic carbocycles. The fourth-order valence-corrected chi connectivity index (χ4v) is 3.06. The van der Waals surface area contributed by atoms with E-state index in [0.717, 1.165) is 17.0 Å². The summed E-state index contributed by atoms with van der Waals surface area (Å²) in [5, 5.41) is 3.97. The van der Waals surface area contributed by atoms with E-state index in [2.05, 4.69) is 10.3 Å². The van der Waals surface area contributed by atoms with Crippen LogP contribution in [0.1, 0.15) is 12.5 Å². The van der Waals surface area contributed by atoms with Gasteiger partial charge in [-0.25, -0.2) is 4.99 Å². The number of carbonyl (C=O) groups is 1. The normalized spacial score (nSPS) is 17.3. The third kappa shape index (κ3) is 4.19. The molecular formula is C18H15ClN2O2S. The number of thioether (sulfide) groups is 1. The molecule has 0 atom stereocenters. The van der Waals surface area contributed by atoms with Crippen LogP contribution in [0.4, 0.5) is 5.69 Å². The summed E-state index contributed by atoms with van der Waals surface area (Å²) in [4.78, 5) is 17.1. The van der Waals surface area contributed by atoms with Crippen molar-refractivity contribution in [2.24, 2.45) is 4.99 Å². The monoisotopic (exact) mass is 358 g/mol. The molecule has 0 spiro atoms. The zero-order valence-corrected chi connectivity index (χ0v) is 14.5. The summed E-state index contributed by atoms with van der Waals surface area (Å²) in [7, 11) is 0. The Morgan fingerprint density at radius 1 is 1.17 bits per heavy atom. The zero-order valence-electron chi connectivity index (χ0n) is 13.0. The molecule has 1 heterocycles. The zero-order chi connectivity index (χ0) is 16.9. The second-order valence-corrected chi connectivity index (χ2v) is 6.43. The molecule has 3 rings (SSSR count). The molecule has 0 radical (unpaired) electrons. The summed E-state index contributed by atoms with van der Waals surface area (Å²) >= 11 is 7.17. The number of amides is 1. The molecular weight excluding hydrogens is 344 g/mol. The average Bonchev–Trinajstić information content (AvgIpc) is 2.91. The highest BCUT2D eigenvalue weighted by molar-refractivity contribution is 8.18. The number of nitrogens with zero attached hydrogens (tertiary/aromatic N) is 1. The van der Waals surface area contributed by atoms with E-state index in [1.54, 1.807) is 24.3 Å². The summed E-state index contributed by atoms with van der Waals surface area (Å²) in [6.45, 7) is 2.57. The van der Waals surface area contributed by atoms with Crippen molar-refractivity contribution in [1.82, 2.24) is 5.32 Å². The van der Waals surface area contributed by atoms with Gasteiger partial charge in [0, 0.05) is 5.02 Å². The first-order chi connectivity index (χ1) is 11.6. The maximum absolute atomic E-state index is 12.1. The highest BCUT2D eigenvalue weighted by atomic mass is 35.5. The Morgan fingerprint density at radius 3 is 2.54 bits per heavy atom. The van der Waals surface area contributed by atoms with Crippen molar-refractivity contribution in [3.8, 4) is 5.75 Å². The van der Waals surface area contributed by atoms with E-state index in [0.29, 0.717) is 21.7 Å². The Hall–Kier alpha value is -2.24. The number of hydrogen-bond acceptors (Lipinski definition) is 4. The smallest absolute Gasteiger partial charge is 0.264 e. The highest BCUT2D eigenvalue weighted by Gasteiger charge is 2.23. The van der Waals surface area contributed by atoms with Crippen LogP contribution in [0.3, 0.4) is 0 Å². The molecule has 1 aliphatic heterocycles. The van der Waals surface area contributed by atoms with Crippen molar-refractivity contribution in [3.63, 3.8) is 0 Å². The van der Waals surface area contributed by atoms with Crippen LogP contribution in [0, 0.1) is 0 Å². The van der Waals surface area contributed by atoms with Gasteiger partial charge >= 0.3 is 0 Å². The van der Waals surface area contributed by atoms with E-state index in [-0.39, 0.29) is 5.91 Å². The van der Waals surface area contributed by atoms with Crippen LogP contribution in [-0.2, 0) is 4.79 Å². The van der Waals surface area contributed by atoms with E-state index in [1.165, 1.54) is 11.8 Å². The van der Waals surface area contributed by atoms with Crippen LogP contribution < -0.4 is 10.1 Å². The summed E-state index contributed by atoms with van der Waals surface area (Å²) in [6, 6.07) is 14.7. The van der Waals surface area contributed by atoms with Crippen molar-refractivity contribution >= 4 is 46.2 Å².